The van der Waals surface area contributed by atoms with Gasteiger partial charge in [0.15, 0.2) is 0 Å². The second-order valence-electron chi connectivity index (χ2n) is 6.48. The van der Waals surface area contributed by atoms with E-state index in [1.54, 1.807) is 37.7 Å². The van der Waals surface area contributed by atoms with Crippen molar-refractivity contribution in [2.75, 3.05) is 17.7 Å². The Morgan fingerprint density at radius 3 is 2.44 bits per heavy atom. The molecule has 138 valence electrons. The van der Waals surface area contributed by atoms with E-state index < -0.39 is 0 Å². The fraction of sp³-hybridized carbons (Fsp3) is 0.182. The van der Waals surface area contributed by atoms with Crippen LogP contribution >= 0.6 is 0 Å². The van der Waals surface area contributed by atoms with Gasteiger partial charge in [-0.3, -0.25) is 9.78 Å². The Bertz CT molecular complexity index is 938. The van der Waals surface area contributed by atoms with Gasteiger partial charge in [0, 0.05) is 11.9 Å². The summed E-state index contributed by atoms with van der Waals surface area (Å²) in [6.07, 6.45) is 3.25. The molecule has 3 aromatic rings. The predicted molar refractivity (Wildman–Crippen MR) is 109 cm³/mol. The van der Waals surface area contributed by atoms with Crippen molar-refractivity contribution in [1.82, 2.24) is 4.98 Å². The van der Waals surface area contributed by atoms with Crippen LogP contribution in [0.25, 0.3) is 0 Å². The smallest absolute Gasteiger partial charge is 0.257 e. The van der Waals surface area contributed by atoms with Gasteiger partial charge in [-0.2, -0.15) is 0 Å². The number of rotatable bonds is 6. The lowest BCUT2D eigenvalue weighted by Gasteiger charge is -2.15. The maximum atomic E-state index is 12.6. The van der Waals surface area contributed by atoms with E-state index in [2.05, 4.69) is 35.5 Å². The Kier molecular flexibility index (Phi) is 5.71. The average molecular weight is 361 g/mol. The molecule has 5 heteroatoms. The minimum Gasteiger partial charge on any atom is -0.495 e. The van der Waals surface area contributed by atoms with E-state index in [1.165, 1.54) is 5.56 Å². The van der Waals surface area contributed by atoms with Gasteiger partial charge in [-0.05, 0) is 35.7 Å². The zero-order valence-electron chi connectivity index (χ0n) is 15.7. The van der Waals surface area contributed by atoms with Crippen LogP contribution in [0.5, 0.6) is 5.75 Å². The number of nitrogens with one attached hydrogen (secondary N) is 2. The van der Waals surface area contributed by atoms with Gasteiger partial charge >= 0.3 is 0 Å². The number of ether oxygens (including phenoxy) is 1. The summed E-state index contributed by atoms with van der Waals surface area (Å²) in [5.41, 5.74) is 4.06. The minimum atomic E-state index is -0.243. The molecule has 0 aliphatic heterocycles. The van der Waals surface area contributed by atoms with Gasteiger partial charge in [0.1, 0.15) is 5.75 Å². The Morgan fingerprint density at radius 2 is 1.70 bits per heavy atom. The standard InChI is InChI=1S/C22H23N3O2/c1-15(2)18-8-4-5-9-19(18)24-17-12-16(13-23-14-17)22(26)25-20-10-6-7-11-21(20)27-3/h4-15,24H,1-3H3,(H,25,26). The fourth-order valence-corrected chi connectivity index (χ4v) is 2.84. The van der Waals surface area contributed by atoms with Gasteiger partial charge in [0.05, 0.1) is 30.2 Å². The van der Waals surface area contributed by atoms with Gasteiger partial charge in [0.25, 0.3) is 5.91 Å². The van der Waals surface area contributed by atoms with Crippen LogP contribution in [0.4, 0.5) is 17.1 Å². The number of methoxy groups -OCH3 is 1. The highest BCUT2D eigenvalue weighted by molar-refractivity contribution is 6.05. The van der Waals surface area contributed by atoms with Crippen molar-refractivity contribution in [2.24, 2.45) is 0 Å². The lowest BCUT2D eigenvalue weighted by Crippen LogP contribution is -2.13. The van der Waals surface area contributed by atoms with Gasteiger partial charge in [-0.1, -0.05) is 44.2 Å². The van der Waals surface area contributed by atoms with E-state index in [1.807, 2.05) is 30.3 Å². The molecule has 1 aromatic heterocycles. The number of carbonyl (C=O) groups excluding carboxylic acids is 1. The molecule has 0 aliphatic rings. The van der Waals surface area contributed by atoms with E-state index in [0.717, 1.165) is 11.4 Å². The van der Waals surface area contributed by atoms with Crippen molar-refractivity contribution >= 4 is 23.0 Å². The molecule has 27 heavy (non-hydrogen) atoms. The molecular weight excluding hydrogens is 338 g/mol. The van der Waals surface area contributed by atoms with Crippen LogP contribution in [0.3, 0.4) is 0 Å². The summed E-state index contributed by atoms with van der Waals surface area (Å²) < 4.78 is 5.28. The number of amides is 1. The van der Waals surface area contributed by atoms with E-state index in [9.17, 15) is 4.79 Å². The zero-order valence-corrected chi connectivity index (χ0v) is 15.7. The van der Waals surface area contributed by atoms with Crippen molar-refractivity contribution in [3.05, 3.63) is 78.1 Å². The molecule has 0 bridgehead atoms. The summed E-state index contributed by atoms with van der Waals surface area (Å²) in [7, 11) is 1.57. The van der Waals surface area contributed by atoms with Crippen molar-refractivity contribution < 1.29 is 9.53 Å². The Balaban J connectivity index is 1.81. The van der Waals surface area contributed by atoms with Crippen LogP contribution in [-0.4, -0.2) is 18.0 Å². The number of anilines is 3. The first-order valence-corrected chi connectivity index (χ1v) is 8.84. The molecule has 0 radical (unpaired) electrons. The Labute approximate surface area is 159 Å². The van der Waals surface area contributed by atoms with Gasteiger partial charge in [-0.15, -0.1) is 0 Å². The molecule has 0 atom stereocenters. The third kappa shape index (κ3) is 4.44. The van der Waals surface area contributed by atoms with Crippen molar-refractivity contribution in [2.45, 2.75) is 19.8 Å². The first-order chi connectivity index (χ1) is 13.1. The normalized spacial score (nSPS) is 10.5. The second-order valence-corrected chi connectivity index (χ2v) is 6.48. The summed E-state index contributed by atoms with van der Waals surface area (Å²) in [6, 6.07) is 17.2. The number of hydrogen-bond donors (Lipinski definition) is 2. The summed E-state index contributed by atoms with van der Waals surface area (Å²) in [5.74, 6) is 0.755. The van der Waals surface area contributed by atoms with Crippen molar-refractivity contribution in [3.8, 4) is 5.75 Å². The molecule has 1 amide bonds. The topological polar surface area (TPSA) is 63.2 Å². The third-order valence-electron chi connectivity index (χ3n) is 4.22. The number of nitrogens with zero attached hydrogens (tertiary/aromatic N) is 1. The average Bonchev–Trinajstić information content (AvgIpc) is 2.69. The van der Waals surface area contributed by atoms with Crippen LogP contribution < -0.4 is 15.4 Å². The maximum Gasteiger partial charge on any atom is 0.257 e. The lowest BCUT2D eigenvalue weighted by atomic mass is 10.0. The van der Waals surface area contributed by atoms with Gasteiger partial charge in [-0.25, -0.2) is 0 Å². The van der Waals surface area contributed by atoms with Crippen LogP contribution in [0.2, 0.25) is 0 Å². The minimum absolute atomic E-state index is 0.243. The Morgan fingerprint density at radius 1 is 1.00 bits per heavy atom. The number of para-hydroxylation sites is 3. The Hall–Kier alpha value is -3.34. The molecular formula is C22H23N3O2. The number of aromatic nitrogens is 1. The fourth-order valence-electron chi connectivity index (χ4n) is 2.84. The lowest BCUT2D eigenvalue weighted by molar-refractivity contribution is 0.102. The predicted octanol–water partition coefficient (Wildman–Crippen LogP) is 5.21. The molecule has 0 fully saturated rings. The first-order valence-electron chi connectivity index (χ1n) is 8.84. The van der Waals surface area contributed by atoms with Crippen LogP contribution in [0, 0.1) is 0 Å². The van der Waals surface area contributed by atoms with Crippen LogP contribution in [0.15, 0.2) is 67.0 Å². The SMILES string of the molecule is COc1ccccc1NC(=O)c1cncc(Nc2ccccc2C(C)C)c1. The molecule has 0 spiro atoms. The van der Waals surface area contributed by atoms with Gasteiger partial charge in [0.2, 0.25) is 0 Å². The second kappa shape index (κ2) is 8.36. The molecule has 1 heterocycles. The van der Waals surface area contributed by atoms with Crippen molar-refractivity contribution in [1.29, 1.82) is 0 Å². The largest absolute Gasteiger partial charge is 0.495 e. The number of carbonyl (C=O) groups is 1. The zero-order chi connectivity index (χ0) is 19.2. The molecule has 5 nitrogen and oxygen atoms in total. The quantitative estimate of drug-likeness (QED) is 0.633. The molecule has 0 saturated carbocycles. The van der Waals surface area contributed by atoms with Gasteiger partial charge < -0.3 is 15.4 Å². The molecule has 2 aromatic carbocycles. The molecule has 0 unspecified atom stereocenters. The number of benzene rings is 2. The summed E-state index contributed by atoms with van der Waals surface area (Å²) >= 11 is 0. The van der Waals surface area contributed by atoms with E-state index in [-0.39, 0.29) is 5.91 Å². The summed E-state index contributed by atoms with van der Waals surface area (Å²) in [4.78, 5) is 16.8. The molecule has 2 N–H and O–H groups in total. The molecule has 3 rings (SSSR count). The summed E-state index contributed by atoms with van der Waals surface area (Å²) in [5, 5.41) is 6.24. The van der Waals surface area contributed by atoms with E-state index >= 15 is 0 Å². The van der Waals surface area contributed by atoms with Crippen LogP contribution in [-0.2, 0) is 0 Å². The number of hydrogen-bond acceptors (Lipinski definition) is 4. The highest BCUT2D eigenvalue weighted by Gasteiger charge is 2.11. The molecule has 0 saturated heterocycles. The molecule has 0 aliphatic carbocycles. The first kappa shape index (κ1) is 18.5. The highest BCUT2D eigenvalue weighted by atomic mass is 16.5. The van der Waals surface area contributed by atoms with E-state index in [0.29, 0.717) is 22.9 Å². The monoisotopic (exact) mass is 361 g/mol. The summed E-state index contributed by atoms with van der Waals surface area (Å²) in [6.45, 7) is 4.30. The van der Waals surface area contributed by atoms with E-state index in [4.69, 9.17) is 4.74 Å². The highest BCUT2D eigenvalue weighted by Crippen LogP contribution is 2.27. The van der Waals surface area contributed by atoms with Crippen LogP contribution in [0.1, 0.15) is 35.7 Å². The van der Waals surface area contributed by atoms with Crippen molar-refractivity contribution in [3.63, 3.8) is 0 Å². The maximum absolute atomic E-state index is 12.6. The third-order valence-corrected chi connectivity index (χ3v) is 4.22. The number of pyridine rings is 1.